The number of amides is 1. The molecular formula is C27H32N4O5S. The Morgan fingerprint density at radius 2 is 2.08 bits per heavy atom. The molecule has 3 aromatic rings. The van der Waals surface area contributed by atoms with Gasteiger partial charge in [-0.15, -0.1) is 11.8 Å². The van der Waals surface area contributed by atoms with E-state index in [0.717, 1.165) is 5.56 Å². The van der Waals surface area contributed by atoms with E-state index in [0.29, 0.717) is 30.9 Å². The molecule has 0 atom stereocenters. The predicted octanol–water partition coefficient (Wildman–Crippen LogP) is 3.81. The summed E-state index contributed by atoms with van der Waals surface area (Å²) in [5, 5.41) is 1.97. The van der Waals surface area contributed by atoms with Crippen molar-refractivity contribution in [2.75, 3.05) is 19.0 Å². The molecule has 0 saturated heterocycles. The van der Waals surface area contributed by atoms with Crippen molar-refractivity contribution in [3.63, 3.8) is 0 Å². The van der Waals surface area contributed by atoms with Crippen molar-refractivity contribution in [1.29, 1.82) is 0 Å². The Balaban J connectivity index is 2.32. The number of ether oxygens (including phenoxy) is 2. The molecule has 0 fully saturated rings. The van der Waals surface area contributed by atoms with Gasteiger partial charge in [-0.25, -0.2) is 9.78 Å². The number of pyridine rings is 2. The topological polar surface area (TPSA) is 104 Å². The lowest BCUT2D eigenvalue weighted by Gasteiger charge is -2.16. The van der Waals surface area contributed by atoms with E-state index in [1.807, 2.05) is 26.8 Å². The van der Waals surface area contributed by atoms with Crippen molar-refractivity contribution in [3.8, 4) is 0 Å². The summed E-state index contributed by atoms with van der Waals surface area (Å²) in [7, 11) is 0. The van der Waals surface area contributed by atoms with Crippen molar-refractivity contribution >= 4 is 40.3 Å². The van der Waals surface area contributed by atoms with Crippen LogP contribution in [0.25, 0.3) is 16.7 Å². The lowest BCUT2D eigenvalue weighted by molar-refractivity contribution is -0.115. The second-order valence-corrected chi connectivity index (χ2v) is 9.34. The van der Waals surface area contributed by atoms with E-state index in [9.17, 15) is 14.4 Å². The molecule has 196 valence electrons. The number of aryl methyl sites for hydroxylation is 2. The van der Waals surface area contributed by atoms with E-state index >= 15 is 0 Å². The monoisotopic (exact) mass is 524 g/mol. The number of hydrogen-bond donors (Lipinski definition) is 0. The van der Waals surface area contributed by atoms with E-state index in [4.69, 9.17) is 14.5 Å². The summed E-state index contributed by atoms with van der Waals surface area (Å²) in [6.45, 7) is 11.9. The number of carbonyl (C=O) groups is 2. The minimum atomic E-state index is -0.670. The third-order valence-electron chi connectivity index (χ3n) is 5.33. The van der Waals surface area contributed by atoms with Gasteiger partial charge in [-0.1, -0.05) is 24.8 Å². The van der Waals surface area contributed by atoms with Gasteiger partial charge in [-0.3, -0.25) is 14.0 Å². The zero-order valence-electron chi connectivity index (χ0n) is 21.6. The highest BCUT2D eigenvalue weighted by Crippen LogP contribution is 2.14. The molecule has 0 N–H and O–H groups in total. The normalized spacial score (nSPS) is 12.2. The number of thioether (sulfide) groups is 1. The van der Waals surface area contributed by atoms with Gasteiger partial charge in [0.2, 0.25) is 0 Å². The highest BCUT2D eigenvalue weighted by atomic mass is 32.2. The summed E-state index contributed by atoms with van der Waals surface area (Å²) in [6.07, 6.45) is 5.57. The molecular weight excluding hydrogens is 492 g/mol. The molecule has 0 radical (unpaired) electrons. The highest BCUT2D eigenvalue weighted by Gasteiger charge is 2.20. The zero-order chi connectivity index (χ0) is 26.9. The predicted molar refractivity (Wildman–Crippen MR) is 146 cm³/mol. The van der Waals surface area contributed by atoms with Crippen LogP contribution >= 0.6 is 11.8 Å². The minimum Gasteiger partial charge on any atom is -0.462 e. The first-order chi connectivity index (χ1) is 17.8. The summed E-state index contributed by atoms with van der Waals surface area (Å²) in [6, 6.07) is 5.06. The van der Waals surface area contributed by atoms with Crippen molar-refractivity contribution < 1.29 is 19.1 Å². The maximum absolute atomic E-state index is 13.5. The lowest BCUT2D eigenvalue weighted by Crippen LogP contribution is -2.33. The number of nitrogens with zero attached hydrogens (tertiary/aromatic N) is 4. The number of esters is 1. The summed E-state index contributed by atoms with van der Waals surface area (Å²) >= 11 is 1.26. The first-order valence-corrected chi connectivity index (χ1v) is 13.1. The summed E-state index contributed by atoms with van der Waals surface area (Å²) in [4.78, 5) is 48.4. The van der Waals surface area contributed by atoms with Gasteiger partial charge in [-0.2, -0.15) is 4.99 Å². The largest absolute Gasteiger partial charge is 0.462 e. The fraction of sp³-hybridized carbons (Fsp3) is 0.370. The van der Waals surface area contributed by atoms with Crippen LogP contribution in [0.2, 0.25) is 0 Å². The second-order valence-electron chi connectivity index (χ2n) is 8.45. The Morgan fingerprint density at radius 1 is 1.30 bits per heavy atom. The number of allylic oxidation sites excluding steroid dienone is 2. The Kier molecular flexibility index (Phi) is 9.99. The van der Waals surface area contributed by atoms with Gasteiger partial charge in [0, 0.05) is 19.3 Å². The summed E-state index contributed by atoms with van der Waals surface area (Å²) in [5.74, 6) is -1.05. The average Bonchev–Trinajstić information content (AvgIpc) is 2.86. The quantitative estimate of drug-likeness (QED) is 0.163. The van der Waals surface area contributed by atoms with E-state index < -0.39 is 11.9 Å². The number of hydrogen-bond acceptors (Lipinski definition) is 7. The van der Waals surface area contributed by atoms with Crippen LogP contribution in [-0.4, -0.2) is 50.9 Å². The van der Waals surface area contributed by atoms with Gasteiger partial charge in [0.05, 0.1) is 23.8 Å². The highest BCUT2D eigenvalue weighted by molar-refractivity contribution is 8.02. The molecule has 3 rings (SSSR count). The van der Waals surface area contributed by atoms with Gasteiger partial charge in [0.25, 0.3) is 11.5 Å². The second kappa shape index (κ2) is 13.2. The first kappa shape index (κ1) is 28.1. The van der Waals surface area contributed by atoms with E-state index in [-0.39, 0.29) is 40.5 Å². The summed E-state index contributed by atoms with van der Waals surface area (Å²) in [5.41, 5.74) is 1.44. The van der Waals surface area contributed by atoms with Crippen LogP contribution in [-0.2, 0) is 20.8 Å². The molecule has 37 heavy (non-hydrogen) atoms. The Hall–Kier alpha value is -3.50. The molecule has 0 spiro atoms. The van der Waals surface area contributed by atoms with Crippen molar-refractivity contribution in [2.24, 2.45) is 4.99 Å². The molecule has 0 aliphatic carbocycles. The number of fused-ring (bicyclic) bond motifs is 2. The third kappa shape index (κ3) is 6.84. The van der Waals surface area contributed by atoms with Crippen LogP contribution in [0.1, 0.15) is 43.1 Å². The molecule has 0 aromatic carbocycles. The molecule has 1 amide bonds. The first-order valence-electron chi connectivity index (χ1n) is 12.1. The maximum atomic E-state index is 13.5. The number of carbonyl (C=O) groups excluding carboxylic acids is 2. The standard InChI is InChI=1S/C27H32N4O5S/c1-6-8-15-37-17-22(32)28-25-21(27(34)35-7-2)16-20-24(30(25)13-10-14-36-18(3)4)29-23-19(5)11-9-12-31(23)26(20)33/h6,8-9,11-12,15-16,18H,1,7,10,13-14,17H2,2-5H3/b15-8+,28-25?. The van der Waals surface area contributed by atoms with Crippen LogP contribution in [0, 0.1) is 6.92 Å². The number of aromatic nitrogens is 3. The smallest absolute Gasteiger partial charge is 0.341 e. The molecule has 10 heteroatoms. The third-order valence-corrected chi connectivity index (χ3v) is 6.09. The molecule has 0 aliphatic heterocycles. The van der Waals surface area contributed by atoms with Gasteiger partial charge in [0.1, 0.15) is 16.9 Å². The van der Waals surface area contributed by atoms with E-state index in [1.165, 1.54) is 22.2 Å². The average molecular weight is 525 g/mol. The molecule has 0 aliphatic rings. The van der Waals surface area contributed by atoms with Crippen molar-refractivity contribution in [1.82, 2.24) is 14.0 Å². The van der Waals surface area contributed by atoms with Gasteiger partial charge in [0.15, 0.2) is 5.49 Å². The Bertz CT molecular complexity index is 1470. The van der Waals surface area contributed by atoms with Crippen LogP contribution in [0.15, 0.2) is 58.3 Å². The number of rotatable bonds is 11. The fourth-order valence-electron chi connectivity index (χ4n) is 3.70. The fourth-order valence-corrected chi connectivity index (χ4v) is 4.23. The Labute approximate surface area is 219 Å². The van der Waals surface area contributed by atoms with Crippen LogP contribution < -0.4 is 11.0 Å². The van der Waals surface area contributed by atoms with Crippen molar-refractivity contribution in [3.05, 3.63) is 75.5 Å². The maximum Gasteiger partial charge on any atom is 0.341 e. The molecule has 9 nitrogen and oxygen atoms in total. The van der Waals surface area contributed by atoms with Gasteiger partial charge in [-0.05, 0) is 57.2 Å². The molecule has 0 unspecified atom stereocenters. The molecule has 3 aromatic heterocycles. The van der Waals surface area contributed by atoms with Gasteiger partial charge >= 0.3 is 5.97 Å². The van der Waals surface area contributed by atoms with Crippen molar-refractivity contribution in [2.45, 2.75) is 46.8 Å². The minimum absolute atomic E-state index is 0.0330. The molecule has 0 bridgehead atoms. The Morgan fingerprint density at radius 3 is 2.78 bits per heavy atom. The van der Waals surface area contributed by atoms with Crippen LogP contribution in [0.4, 0.5) is 0 Å². The zero-order valence-corrected chi connectivity index (χ0v) is 22.4. The van der Waals surface area contributed by atoms with E-state index in [2.05, 4.69) is 11.6 Å². The van der Waals surface area contributed by atoms with Crippen LogP contribution in [0.3, 0.4) is 0 Å². The molecule has 3 heterocycles. The van der Waals surface area contributed by atoms with Gasteiger partial charge < -0.3 is 14.0 Å². The lowest BCUT2D eigenvalue weighted by atomic mass is 10.2. The van der Waals surface area contributed by atoms with Crippen LogP contribution in [0.5, 0.6) is 0 Å². The van der Waals surface area contributed by atoms with E-state index in [1.54, 1.807) is 41.3 Å². The SMILES string of the molecule is C=C/C=C/SCC(=O)N=c1c(C(=O)OCC)cc2c(=O)n3cccc(C)c3nc2n1CCCOC(C)C. The summed E-state index contributed by atoms with van der Waals surface area (Å²) < 4.78 is 14.1. The molecule has 0 saturated carbocycles.